The molecule has 0 radical (unpaired) electrons. The van der Waals surface area contributed by atoms with E-state index in [1.807, 2.05) is 81.9 Å². The van der Waals surface area contributed by atoms with Gasteiger partial charge in [-0.15, -0.1) is 5.92 Å². The summed E-state index contributed by atoms with van der Waals surface area (Å²) in [6, 6.07) is 10.1. The minimum atomic E-state index is -0.0530. The zero-order chi connectivity index (χ0) is 25.7. The first kappa shape index (κ1) is 28.6. The van der Waals surface area contributed by atoms with Crippen molar-refractivity contribution in [3.05, 3.63) is 95.6 Å². The fourth-order valence-corrected chi connectivity index (χ4v) is 3.26. The number of amides is 1. The minimum Gasteiger partial charge on any atom is -0.353 e. The van der Waals surface area contributed by atoms with Crippen LogP contribution in [0.15, 0.2) is 90.1 Å². The maximum absolute atomic E-state index is 13.9. The lowest BCUT2D eigenvalue weighted by Crippen LogP contribution is -2.38. The fourth-order valence-electron chi connectivity index (χ4n) is 3.26. The summed E-state index contributed by atoms with van der Waals surface area (Å²) in [4.78, 5) is 19.5. The Balaban J connectivity index is 3.77. The average Bonchev–Trinajstić information content (AvgIpc) is 2.83. The van der Waals surface area contributed by atoms with Crippen molar-refractivity contribution in [3.63, 3.8) is 0 Å². The van der Waals surface area contributed by atoms with E-state index >= 15 is 0 Å². The molecule has 0 fully saturated rings. The van der Waals surface area contributed by atoms with Gasteiger partial charge in [-0.25, -0.2) is 0 Å². The Labute approximate surface area is 207 Å². The second-order valence-corrected chi connectivity index (χ2v) is 8.53. The summed E-state index contributed by atoms with van der Waals surface area (Å²) in [5, 5.41) is 0. The van der Waals surface area contributed by atoms with Gasteiger partial charge in [-0.1, -0.05) is 74.4 Å². The number of unbranched alkanes of at least 4 members (excludes halogenated alkanes) is 1. The molecule has 0 aliphatic rings. The molecule has 0 atom stereocenters. The van der Waals surface area contributed by atoms with Crippen molar-refractivity contribution in [1.29, 1.82) is 0 Å². The van der Waals surface area contributed by atoms with Crippen LogP contribution in [0.4, 0.5) is 0 Å². The van der Waals surface area contributed by atoms with E-state index < -0.39 is 0 Å². The number of hydrogen-bond acceptors (Lipinski definition) is 3. The molecule has 1 rings (SSSR count). The molecule has 0 N–H and O–H groups in total. The van der Waals surface area contributed by atoms with Gasteiger partial charge in [-0.2, -0.15) is 0 Å². The zero-order valence-electron chi connectivity index (χ0n) is 22.1. The lowest BCUT2D eigenvalue weighted by Gasteiger charge is -2.34. The zero-order valence-corrected chi connectivity index (χ0v) is 22.1. The Morgan fingerprint density at radius 2 is 1.74 bits per heavy atom. The first-order valence-corrected chi connectivity index (χ1v) is 11.8. The third-order valence-corrected chi connectivity index (χ3v) is 5.48. The summed E-state index contributed by atoms with van der Waals surface area (Å²) < 4.78 is 0. The van der Waals surface area contributed by atoms with Crippen LogP contribution in [0.3, 0.4) is 0 Å². The van der Waals surface area contributed by atoms with Crippen LogP contribution < -0.4 is 0 Å². The molecule has 0 saturated carbocycles. The number of benzene rings is 1. The summed E-state index contributed by atoms with van der Waals surface area (Å²) in [5.74, 6) is 6.13. The molecule has 34 heavy (non-hydrogen) atoms. The first-order valence-electron chi connectivity index (χ1n) is 11.8. The molecule has 1 aromatic carbocycles. The van der Waals surface area contributed by atoms with Crippen LogP contribution in [-0.2, 0) is 11.3 Å². The van der Waals surface area contributed by atoms with E-state index in [9.17, 15) is 4.79 Å². The highest BCUT2D eigenvalue weighted by atomic mass is 16.2. The Bertz CT molecular complexity index is 998. The Morgan fingerprint density at radius 1 is 1.09 bits per heavy atom. The first-order chi connectivity index (χ1) is 16.2. The molecule has 0 bridgehead atoms. The highest BCUT2D eigenvalue weighted by Gasteiger charge is 2.27. The molecule has 1 amide bonds. The van der Waals surface area contributed by atoms with Gasteiger partial charge < -0.3 is 14.7 Å². The highest BCUT2D eigenvalue weighted by molar-refractivity contribution is 5.94. The maximum atomic E-state index is 13.9. The van der Waals surface area contributed by atoms with Crippen molar-refractivity contribution in [1.82, 2.24) is 14.7 Å². The topological polar surface area (TPSA) is 26.8 Å². The lowest BCUT2D eigenvalue weighted by atomic mass is 10.1. The van der Waals surface area contributed by atoms with E-state index in [0.29, 0.717) is 24.5 Å². The molecule has 0 aliphatic heterocycles. The number of likely N-dealkylation sites (N-methyl/N-ethyl adjacent to an activating group) is 1. The molecule has 0 spiro atoms. The van der Waals surface area contributed by atoms with E-state index in [1.54, 1.807) is 11.1 Å². The van der Waals surface area contributed by atoms with Crippen LogP contribution >= 0.6 is 0 Å². The van der Waals surface area contributed by atoms with E-state index in [2.05, 4.69) is 44.1 Å². The van der Waals surface area contributed by atoms with Gasteiger partial charge in [0.25, 0.3) is 5.91 Å². The van der Waals surface area contributed by atoms with Crippen LogP contribution in [0.5, 0.6) is 0 Å². The second kappa shape index (κ2) is 14.6. The summed E-state index contributed by atoms with van der Waals surface area (Å²) in [7, 11) is 3.76. The molecule has 182 valence electrons. The third kappa shape index (κ3) is 8.48. The maximum Gasteiger partial charge on any atom is 0.272 e. The molecule has 0 saturated heterocycles. The van der Waals surface area contributed by atoms with Gasteiger partial charge in [0.1, 0.15) is 5.70 Å². The predicted octanol–water partition coefficient (Wildman–Crippen LogP) is 6.48. The van der Waals surface area contributed by atoms with Gasteiger partial charge in [-0.3, -0.25) is 4.79 Å². The van der Waals surface area contributed by atoms with Crippen LogP contribution in [0.2, 0.25) is 0 Å². The van der Waals surface area contributed by atoms with Crippen molar-refractivity contribution in [2.75, 3.05) is 20.6 Å². The van der Waals surface area contributed by atoms with Crippen LogP contribution in [-0.4, -0.2) is 41.2 Å². The summed E-state index contributed by atoms with van der Waals surface area (Å²) in [5.41, 5.74) is 5.05. The van der Waals surface area contributed by atoms with Crippen LogP contribution in [0.1, 0.15) is 53.0 Å². The lowest BCUT2D eigenvalue weighted by molar-refractivity contribution is -0.127. The number of hydrogen-bond donors (Lipinski definition) is 0. The summed E-state index contributed by atoms with van der Waals surface area (Å²) >= 11 is 0. The predicted molar refractivity (Wildman–Crippen MR) is 145 cm³/mol. The van der Waals surface area contributed by atoms with Gasteiger partial charge in [-0.05, 0) is 52.0 Å². The molecule has 4 nitrogen and oxygen atoms in total. The normalized spacial score (nSPS) is 11.4. The summed E-state index contributed by atoms with van der Waals surface area (Å²) in [6.45, 7) is 19.5. The third-order valence-electron chi connectivity index (χ3n) is 5.48. The number of allylic oxidation sites excluding steroid dienone is 5. The Morgan fingerprint density at radius 3 is 2.26 bits per heavy atom. The molecule has 0 heterocycles. The fraction of sp³-hybridized carbons (Fsp3) is 0.367. The number of rotatable bonds is 12. The SMILES string of the molecule is C=CN(C)/C(C)=C(\C(=O)N(C)CCCC)N(Cc1ccccc1)C(=C)/C(C#CC)=C/C=C(C)C. The van der Waals surface area contributed by atoms with Crippen molar-refractivity contribution < 1.29 is 4.79 Å². The standard InChI is InChI=1S/C30H41N3O/c1-10-13-22-32(9)30(34)29(26(7)31(8)12-3)33(23-27-18-15-14-16-19-27)25(6)28(17-11-2)21-20-24(4)5/h12,14-16,18-21H,3,6,10,13,22-23H2,1-2,4-5,7-9H3/b28-21+,29-26+. The second-order valence-electron chi connectivity index (χ2n) is 8.53. The Kier molecular flexibility index (Phi) is 12.3. The van der Waals surface area contributed by atoms with Crippen molar-refractivity contribution in [2.45, 2.75) is 54.0 Å². The van der Waals surface area contributed by atoms with E-state index in [1.165, 1.54) is 0 Å². The van der Waals surface area contributed by atoms with E-state index in [-0.39, 0.29) is 5.91 Å². The van der Waals surface area contributed by atoms with Gasteiger partial charge in [0, 0.05) is 38.5 Å². The highest BCUT2D eigenvalue weighted by Crippen LogP contribution is 2.27. The number of carbonyl (C=O) groups excluding carboxylic acids is 1. The molecule has 0 unspecified atom stereocenters. The average molecular weight is 460 g/mol. The Hall–Kier alpha value is -3.45. The molecule has 0 aromatic heterocycles. The quantitative estimate of drug-likeness (QED) is 0.203. The van der Waals surface area contributed by atoms with Crippen LogP contribution in [0, 0.1) is 11.8 Å². The number of carbonyl (C=O) groups is 1. The monoisotopic (exact) mass is 459 g/mol. The van der Waals surface area contributed by atoms with Crippen molar-refractivity contribution >= 4 is 5.91 Å². The van der Waals surface area contributed by atoms with Crippen LogP contribution in [0.25, 0.3) is 0 Å². The van der Waals surface area contributed by atoms with Gasteiger partial charge in [0.15, 0.2) is 0 Å². The molecule has 4 heteroatoms. The van der Waals surface area contributed by atoms with Gasteiger partial charge >= 0.3 is 0 Å². The van der Waals surface area contributed by atoms with Crippen molar-refractivity contribution in [3.8, 4) is 11.8 Å². The van der Waals surface area contributed by atoms with E-state index in [4.69, 9.17) is 0 Å². The van der Waals surface area contributed by atoms with Gasteiger partial charge in [0.2, 0.25) is 0 Å². The smallest absolute Gasteiger partial charge is 0.272 e. The largest absolute Gasteiger partial charge is 0.353 e. The molecule has 1 aromatic rings. The molecular formula is C30H41N3O. The molecular weight excluding hydrogens is 418 g/mol. The van der Waals surface area contributed by atoms with Crippen molar-refractivity contribution in [2.24, 2.45) is 0 Å². The van der Waals surface area contributed by atoms with E-state index in [0.717, 1.165) is 35.2 Å². The van der Waals surface area contributed by atoms with Gasteiger partial charge in [0.05, 0.1) is 5.70 Å². The number of nitrogens with zero attached hydrogens (tertiary/aromatic N) is 3. The summed E-state index contributed by atoms with van der Waals surface area (Å²) in [6.07, 6.45) is 7.67. The molecule has 0 aliphatic carbocycles. The minimum absolute atomic E-state index is 0.0530.